The molecular weight excluding hydrogens is 272 g/mol. The number of likely N-dealkylation sites (N-methyl/N-ethyl adjacent to an activating group) is 1. The first-order valence-corrected chi connectivity index (χ1v) is 6.83. The number of nitrogens with one attached hydrogen (secondary N) is 2. The number of nitrogens with zero attached hydrogens (tertiary/aromatic N) is 2. The normalized spacial score (nSPS) is 12.0. The summed E-state index contributed by atoms with van der Waals surface area (Å²) >= 11 is 0. The van der Waals surface area contributed by atoms with Crippen molar-refractivity contribution in [2.45, 2.75) is 19.9 Å². The average Bonchev–Trinajstić information content (AvgIpc) is 2.37. The van der Waals surface area contributed by atoms with Crippen molar-refractivity contribution >= 4 is 17.3 Å². The molecule has 0 aliphatic heterocycles. The third-order valence-electron chi connectivity index (χ3n) is 2.85. The molecule has 21 heavy (non-hydrogen) atoms. The molecule has 1 unspecified atom stereocenters. The second kappa shape index (κ2) is 7.58. The summed E-state index contributed by atoms with van der Waals surface area (Å²) in [6, 6.07) is 4.60. The molecule has 0 spiro atoms. The molecular formula is C14H22N4O3. The summed E-state index contributed by atoms with van der Waals surface area (Å²) < 4.78 is 0. The number of carbonyl (C=O) groups excluding carboxylic acids is 1. The van der Waals surface area contributed by atoms with Gasteiger partial charge in [-0.25, -0.2) is 0 Å². The molecule has 116 valence electrons. The Hall–Kier alpha value is -2.15. The molecule has 0 heterocycles. The first-order valence-electron chi connectivity index (χ1n) is 6.83. The number of nitro groups is 1. The van der Waals surface area contributed by atoms with E-state index < -0.39 is 10.8 Å². The minimum absolute atomic E-state index is 0.0732. The number of hydrogen-bond acceptors (Lipinski definition) is 5. The van der Waals surface area contributed by atoms with Crippen molar-refractivity contribution in [3.05, 3.63) is 33.9 Å². The van der Waals surface area contributed by atoms with Crippen LogP contribution in [0.3, 0.4) is 0 Å². The lowest BCUT2D eigenvalue weighted by molar-refractivity contribution is -0.384. The monoisotopic (exact) mass is 294 g/mol. The number of amides is 1. The number of benzene rings is 1. The zero-order valence-electron chi connectivity index (χ0n) is 12.8. The molecule has 0 bridgehead atoms. The summed E-state index contributed by atoms with van der Waals surface area (Å²) in [7, 11) is 3.80. The van der Waals surface area contributed by atoms with E-state index in [-0.39, 0.29) is 17.3 Å². The molecule has 1 aromatic carbocycles. The van der Waals surface area contributed by atoms with Crippen LogP contribution in [0, 0.1) is 10.1 Å². The molecule has 1 atom stereocenters. The SMILES string of the molecule is CCNc1cccc(C(=O)NC(C)CN(C)C)c1[N+](=O)[O-]. The molecule has 0 fully saturated rings. The van der Waals surface area contributed by atoms with Gasteiger partial charge in [0.2, 0.25) is 0 Å². The van der Waals surface area contributed by atoms with Gasteiger partial charge in [0, 0.05) is 19.1 Å². The molecule has 0 aromatic heterocycles. The van der Waals surface area contributed by atoms with E-state index in [1.54, 1.807) is 12.1 Å². The maximum absolute atomic E-state index is 12.3. The molecule has 1 rings (SSSR count). The Kier molecular flexibility index (Phi) is 6.10. The number of anilines is 1. The van der Waals surface area contributed by atoms with E-state index in [9.17, 15) is 14.9 Å². The zero-order valence-corrected chi connectivity index (χ0v) is 12.8. The van der Waals surface area contributed by atoms with Crippen LogP contribution in [0.5, 0.6) is 0 Å². The van der Waals surface area contributed by atoms with Gasteiger partial charge in [0.15, 0.2) is 0 Å². The lowest BCUT2D eigenvalue weighted by Gasteiger charge is -2.18. The highest BCUT2D eigenvalue weighted by Crippen LogP contribution is 2.28. The Bertz CT molecular complexity index is 517. The standard InChI is InChI=1S/C14H22N4O3/c1-5-15-12-8-6-7-11(13(12)18(20)21)14(19)16-10(2)9-17(3)4/h6-8,10,15H,5,9H2,1-4H3,(H,16,19). The highest BCUT2D eigenvalue weighted by atomic mass is 16.6. The van der Waals surface area contributed by atoms with Crippen LogP contribution in [-0.4, -0.2) is 49.0 Å². The van der Waals surface area contributed by atoms with Gasteiger partial charge in [-0.05, 0) is 40.1 Å². The van der Waals surface area contributed by atoms with Gasteiger partial charge in [-0.2, -0.15) is 0 Å². The van der Waals surface area contributed by atoms with Gasteiger partial charge in [-0.3, -0.25) is 14.9 Å². The van der Waals surface area contributed by atoms with E-state index in [1.165, 1.54) is 6.07 Å². The van der Waals surface area contributed by atoms with Crippen LogP contribution in [0.1, 0.15) is 24.2 Å². The quantitative estimate of drug-likeness (QED) is 0.590. The van der Waals surface area contributed by atoms with Gasteiger partial charge in [-0.1, -0.05) is 6.07 Å². The fourth-order valence-electron chi connectivity index (χ4n) is 2.15. The van der Waals surface area contributed by atoms with Crippen LogP contribution in [0.4, 0.5) is 11.4 Å². The maximum Gasteiger partial charge on any atom is 0.305 e. The number of carbonyl (C=O) groups is 1. The van der Waals surface area contributed by atoms with E-state index in [4.69, 9.17) is 0 Å². The lowest BCUT2D eigenvalue weighted by atomic mass is 10.1. The van der Waals surface area contributed by atoms with Gasteiger partial charge >= 0.3 is 5.69 Å². The smallest absolute Gasteiger partial charge is 0.305 e. The Morgan fingerprint density at radius 3 is 2.62 bits per heavy atom. The largest absolute Gasteiger partial charge is 0.380 e. The van der Waals surface area contributed by atoms with Crippen LogP contribution in [0.2, 0.25) is 0 Å². The Morgan fingerprint density at radius 2 is 2.10 bits per heavy atom. The summed E-state index contributed by atoms with van der Waals surface area (Å²) in [5.74, 6) is -0.434. The summed E-state index contributed by atoms with van der Waals surface area (Å²) in [6.45, 7) is 4.91. The van der Waals surface area contributed by atoms with Gasteiger partial charge in [0.1, 0.15) is 11.3 Å². The van der Waals surface area contributed by atoms with Crippen LogP contribution >= 0.6 is 0 Å². The zero-order chi connectivity index (χ0) is 16.0. The number of hydrogen-bond donors (Lipinski definition) is 2. The van der Waals surface area contributed by atoms with Gasteiger partial charge in [0.25, 0.3) is 5.91 Å². The van der Waals surface area contributed by atoms with E-state index in [1.807, 2.05) is 32.8 Å². The van der Waals surface area contributed by atoms with Crippen molar-refractivity contribution < 1.29 is 9.72 Å². The maximum atomic E-state index is 12.3. The van der Waals surface area contributed by atoms with Crippen LogP contribution in [-0.2, 0) is 0 Å². The molecule has 7 nitrogen and oxygen atoms in total. The topological polar surface area (TPSA) is 87.5 Å². The van der Waals surface area contributed by atoms with E-state index in [0.29, 0.717) is 18.8 Å². The van der Waals surface area contributed by atoms with E-state index >= 15 is 0 Å². The summed E-state index contributed by atoms with van der Waals surface area (Å²) in [5.41, 5.74) is 0.244. The van der Waals surface area contributed by atoms with E-state index in [2.05, 4.69) is 10.6 Å². The predicted octanol–water partition coefficient (Wildman–Crippen LogP) is 1.71. The molecule has 0 aliphatic rings. The number of para-hydroxylation sites is 1. The van der Waals surface area contributed by atoms with E-state index in [0.717, 1.165) is 0 Å². The summed E-state index contributed by atoms with van der Waals surface area (Å²) in [4.78, 5) is 24.9. The second-order valence-corrected chi connectivity index (χ2v) is 5.13. The highest BCUT2D eigenvalue weighted by molar-refractivity contribution is 6.00. The third-order valence-corrected chi connectivity index (χ3v) is 2.85. The third kappa shape index (κ3) is 4.71. The van der Waals surface area contributed by atoms with Crippen LogP contribution < -0.4 is 10.6 Å². The average molecular weight is 294 g/mol. The van der Waals surface area contributed by atoms with Gasteiger partial charge < -0.3 is 15.5 Å². The Labute approximate surface area is 124 Å². The summed E-state index contributed by atoms with van der Waals surface area (Å²) in [5, 5.41) is 17.0. The van der Waals surface area contributed by atoms with Crippen LogP contribution in [0.25, 0.3) is 0 Å². The second-order valence-electron chi connectivity index (χ2n) is 5.13. The molecule has 0 saturated heterocycles. The Morgan fingerprint density at radius 1 is 1.43 bits per heavy atom. The molecule has 0 aliphatic carbocycles. The molecule has 0 radical (unpaired) electrons. The minimum atomic E-state index is -0.524. The molecule has 2 N–H and O–H groups in total. The van der Waals surface area contributed by atoms with Crippen molar-refractivity contribution in [1.29, 1.82) is 0 Å². The number of nitro benzene ring substituents is 1. The molecule has 1 aromatic rings. The summed E-state index contributed by atoms with van der Waals surface area (Å²) in [6.07, 6.45) is 0. The lowest BCUT2D eigenvalue weighted by Crippen LogP contribution is -2.39. The van der Waals surface area contributed by atoms with Crippen molar-refractivity contribution in [1.82, 2.24) is 10.2 Å². The van der Waals surface area contributed by atoms with Crippen molar-refractivity contribution in [2.75, 3.05) is 32.5 Å². The fourth-order valence-corrected chi connectivity index (χ4v) is 2.15. The van der Waals surface area contributed by atoms with Crippen LogP contribution in [0.15, 0.2) is 18.2 Å². The van der Waals surface area contributed by atoms with Gasteiger partial charge in [-0.15, -0.1) is 0 Å². The highest BCUT2D eigenvalue weighted by Gasteiger charge is 2.25. The number of rotatable bonds is 7. The first-order chi connectivity index (χ1) is 9.86. The Balaban J connectivity index is 3.03. The molecule has 1 amide bonds. The van der Waals surface area contributed by atoms with Crippen molar-refractivity contribution in [3.63, 3.8) is 0 Å². The van der Waals surface area contributed by atoms with Crippen molar-refractivity contribution in [2.24, 2.45) is 0 Å². The van der Waals surface area contributed by atoms with Crippen molar-refractivity contribution in [3.8, 4) is 0 Å². The van der Waals surface area contributed by atoms with Gasteiger partial charge in [0.05, 0.1) is 4.92 Å². The molecule has 0 saturated carbocycles. The predicted molar refractivity (Wildman–Crippen MR) is 82.7 cm³/mol. The molecule has 7 heteroatoms. The first kappa shape index (κ1) is 16.9. The fraction of sp³-hybridized carbons (Fsp3) is 0.500. The minimum Gasteiger partial charge on any atom is -0.380 e.